The summed E-state index contributed by atoms with van der Waals surface area (Å²) >= 11 is 0. The lowest BCUT2D eigenvalue weighted by atomic mass is 10.0. The van der Waals surface area contributed by atoms with Gasteiger partial charge in [0.05, 0.1) is 6.54 Å². The number of anilines is 1. The van der Waals surface area contributed by atoms with Crippen LogP contribution in [0.1, 0.15) is 50.4 Å². The van der Waals surface area contributed by atoms with Gasteiger partial charge in [0, 0.05) is 29.9 Å². The van der Waals surface area contributed by atoms with E-state index in [0.29, 0.717) is 5.56 Å². The Balaban J connectivity index is 1.92. The summed E-state index contributed by atoms with van der Waals surface area (Å²) in [7, 11) is 0. The molecule has 0 aromatic heterocycles. The van der Waals surface area contributed by atoms with E-state index in [1.807, 2.05) is 49.9 Å². The number of hydrogen-bond acceptors (Lipinski definition) is 3. The highest BCUT2D eigenvalue weighted by Gasteiger charge is 2.20. The Hall–Kier alpha value is -2.04. The first kappa shape index (κ1) is 17.3. The molecule has 0 saturated carbocycles. The molecule has 0 radical (unpaired) electrons. The van der Waals surface area contributed by atoms with Crippen molar-refractivity contribution in [2.24, 2.45) is 0 Å². The van der Waals surface area contributed by atoms with Crippen molar-refractivity contribution in [3.8, 4) is 0 Å². The Bertz CT molecular complexity index is 563. The Morgan fingerprint density at radius 1 is 1.22 bits per heavy atom. The number of carbonyl (C=O) groups excluding carboxylic acids is 2. The summed E-state index contributed by atoms with van der Waals surface area (Å²) in [5.41, 5.74) is 1.26. The molecule has 0 unspecified atom stereocenters. The highest BCUT2D eigenvalue weighted by atomic mass is 16.2. The molecule has 5 heteroatoms. The van der Waals surface area contributed by atoms with Crippen LogP contribution in [0.25, 0.3) is 0 Å². The second kappa shape index (κ2) is 7.49. The van der Waals surface area contributed by atoms with E-state index in [9.17, 15) is 9.59 Å². The van der Waals surface area contributed by atoms with Gasteiger partial charge in [-0.05, 0) is 51.3 Å². The molecule has 1 aliphatic rings. The van der Waals surface area contributed by atoms with Crippen LogP contribution in [0, 0.1) is 0 Å². The van der Waals surface area contributed by atoms with Crippen molar-refractivity contribution >= 4 is 17.5 Å². The number of benzene rings is 1. The van der Waals surface area contributed by atoms with Crippen LogP contribution in [-0.2, 0) is 4.79 Å². The molecular weight excluding hydrogens is 290 g/mol. The van der Waals surface area contributed by atoms with E-state index in [-0.39, 0.29) is 23.9 Å². The SMILES string of the molecule is CCC(C)(C)NC(=O)CNc1cccc(C(=O)N2CCCC2)c1. The highest BCUT2D eigenvalue weighted by Crippen LogP contribution is 2.16. The van der Waals surface area contributed by atoms with Crippen LogP contribution in [0.3, 0.4) is 0 Å². The fraction of sp³-hybridized carbons (Fsp3) is 0.556. The predicted octanol–water partition coefficient (Wildman–Crippen LogP) is 2.64. The third-order valence-electron chi connectivity index (χ3n) is 4.32. The van der Waals surface area contributed by atoms with E-state index >= 15 is 0 Å². The van der Waals surface area contributed by atoms with Crippen LogP contribution >= 0.6 is 0 Å². The molecule has 0 atom stereocenters. The first-order valence-corrected chi connectivity index (χ1v) is 8.35. The fourth-order valence-corrected chi connectivity index (χ4v) is 2.56. The van der Waals surface area contributed by atoms with E-state index in [1.54, 1.807) is 0 Å². The number of carbonyl (C=O) groups is 2. The van der Waals surface area contributed by atoms with Gasteiger partial charge in [-0.15, -0.1) is 0 Å². The summed E-state index contributed by atoms with van der Waals surface area (Å²) in [6, 6.07) is 7.36. The minimum absolute atomic E-state index is 0.0480. The molecule has 0 bridgehead atoms. The molecule has 1 aromatic rings. The normalized spacial score (nSPS) is 14.7. The summed E-state index contributed by atoms with van der Waals surface area (Å²) < 4.78 is 0. The lowest BCUT2D eigenvalue weighted by Gasteiger charge is -2.24. The van der Waals surface area contributed by atoms with Crippen molar-refractivity contribution in [2.45, 2.75) is 45.6 Å². The van der Waals surface area contributed by atoms with Gasteiger partial charge in [-0.1, -0.05) is 13.0 Å². The lowest BCUT2D eigenvalue weighted by molar-refractivity contribution is -0.121. The van der Waals surface area contributed by atoms with Crippen molar-refractivity contribution in [1.82, 2.24) is 10.2 Å². The van der Waals surface area contributed by atoms with E-state index in [0.717, 1.165) is 38.0 Å². The van der Waals surface area contributed by atoms with Crippen LogP contribution in [0.4, 0.5) is 5.69 Å². The van der Waals surface area contributed by atoms with Gasteiger partial charge < -0.3 is 15.5 Å². The molecule has 1 aliphatic heterocycles. The first-order chi connectivity index (χ1) is 10.9. The van der Waals surface area contributed by atoms with Gasteiger partial charge in [0.15, 0.2) is 0 Å². The minimum Gasteiger partial charge on any atom is -0.376 e. The zero-order valence-corrected chi connectivity index (χ0v) is 14.3. The number of amides is 2. The smallest absolute Gasteiger partial charge is 0.253 e. The molecule has 1 heterocycles. The summed E-state index contributed by atoms with van der Waals surface area (Å²) in [4.78, 5) is 26.2. The van der Waals surface area contributed by atoms with Crippen molar-refractivity contribution in [2.75, 3.05) is 25.0 Å². The van der Waals surface area contributed by atoms with Crippen LogP contribution in [0.15, 0.2) is 24.3 Å². The maximum Gasteiger partial charge on any atom is 0.253 e. The maximum atomic E-state index is 12.4. The van der Waals surface area contributed by atoms with Gasteiger partial charge >= 0.3 is 0 Å². The molecule has 2 amide bonds. The number of nitrogens with zero attached hydrogens (tertiary/aromatic N) is 1. The molecule has 2 rings (SSSR count). The maximum absolute atomic E-state index is 12.4. The topological polar surface area (TPSA) is 61.4 Å². The Kier molecular flexibility index (Phi) is 5.64. The van der Waals surface area contributed by atoms with E-state index in [4.69, 9.17) is 0 Å². The van der Waals surface area contributed by atoms with Gasteiger partial charge in [0.25, 0.3) is 5.91 Å². The molecule has 126 valence electrons. The number of likely N-dealkylation sites (tertiary alicyclic amines) is 1. The molecule has 1 aromatic carbocycles. The molecule has 1 fully saturated rings. The van der Waals surface area contributed by atoms with Crippen molar-refractivity contribution in [3.63, 3.8) is 0 Å². The largest absolute Gasteiger partial charge is 0.376 e. The molecule has 0 spiro atoms. The van der Waals surface area contributed by atoms with Gasteiger partial charge in [-0.25, -0.2) is 0 Å². The third-order valence-corrected chi connectivity index (χ3v) is 4.32. The van der Waals surface area contributed by atoms with Crippen LogP contribution in [0.2, 0.25) is 0 Å². The Morgan fingerprint density at radius 2 is 1.91 bits per heavy atom. The second-order valence-corrected chi connectivity index (χ2v) is 6.72. The van der Waals surface area contributed by atoms with Gasteiger partial charge in [0.1, 0.15) is 0 Å². The summed E-state index contributed by atoms with van der Waals surface area (Å²) in [5, 5.41) is 6.08. The second-order valence-electron chi connectivity index (χ2n) is 6.72. The zero-order valence-electron chi connectivity index (χ0n) is 14.3. The van der Waals surface area contributed by atoms with E-state index in [1.165, 1.54) is 0 Å². The molecular formula is C18H27N3O2. The van der Waals surface area contributed by atoms with Gasteiger partial charge in [0.2, 0.25) is 5.91 Å². The monoisotopic (exact) mass is 317 g/mol. The van der Waals surface area contributed by atoms with E-state index < -0.39 is 0 Å². The zero-order chi connectivity index (χ0) is 16.9. The van der Waals surface area contributed by atoms with E-state index in [2.05, 4.69) is 10.6 Å². The molecule has 2 N–H and O–H groups in total. The fourth-order valence-electron chi connectivity index (χ4n) is 2.56. The minimum atomic E-state index is -0.202. The Labute approximate surface area is 138 Å². The van der Waals surface area contributed by atoms with Crippen LogP contribution < -0.4 is 10.6 Å². The summed E-state index contributed by atoms with van der Waals surface area (Å²) in [6.45, 7) is 7.92. The van der Waals surface area contributed by atoms with Gasteiger partial charge in [-0.3, -0.25) is 9.59 Å². The molecule has 5 nitrogen and oxygen atoms in total. The quantitative estimate of drug-likeness (QED) is 0.848. The Morgan fingerprint density at radius 3 is 2.57 bits per heavy atom. The predicted molar refractivity (Wildman–Crippen MR) is 92.6 cm³/mol. The highest BCUT2D eigenvalue weighted by molar-refractivity contribution is 5.95. The standard InChI is InChI=1S/C18H27N3O2/c1-4-18(2,3)20-16(22)13-19-15-9-7-8-14(12-15)17(23)21-10-5-6-11-21/h7-9,12,19H,4-6,10-11,13H2,1-3H3,(H,20,22). The average Bonchev–Trinajstić information content (AvgIpc) is 3.06. The molecule has 1 saturated heterocycles. The number of rotatable bonds is 6. The molecule has 23 heavy (non-hydrogen) atoms. The lowest BCUT2D eigenvalue weighted by Crippen LogP contribution is -2.45. The van der Waals surface area contributed by atoms with Crippen molar-refractivity contribution in [1.29, 1.82) is 0 Å². The number of hydrogen-bond donors (Lipinski definition) is 2. The summed E-state index contributed by atoms with van der Waals surface area (Å²) in [6.07, 6.45) is 3.03. The van der Waals surface area contributed by atoms with Gasteiger partial charge in [-0.2, -0.15) is 0 Å². The summed E-state index contributed by atoms with van der Waals surface area (Å²) in [5.74, 6) is 0.0239. The van der Waals surface area contributed by atoms with Crippen molar-refractivity contribution in [3.05, 3.63) is 29.8 Å². The van der Waals surface area contributed by atoms with Crippen molar-refractivity contribution < 1.29 is 9.59 Å². The third kappa shape index (κ3) is 4.98. The number of nitrogens with one attached hydrogen (secondary N) is 2. The first-order valence-electron chi connectivity index (χ1n) is 8.35. The van der Waals surface area contributed by atoms with Crippen LogP contribution in [0.5, 0.6) is 0 Å². The van der Waals surface area contributed by atoms with Crippen LogP contribution in [-0.4, -0.2) is 41.9 Å². The molecule has 0 aliphatic carbocycles. The average molecular weight is 317 g/mol.